The first-order chi connectivity index (χ1) is 12.2. The molecule has 1 aliphatic heterocycles. The number of piperazine rings is 1. The van der Waals surface area contributed by atoms with Crippen LogP contribution in [0.5, 0.6) is 0 Å². The molecule has 0 N–H and O–H groups in total. The van der Waals surface area contributed by atoms with Crippen LogP contribution in [0.2, 0.25) is 0 Å². The average Bonchev–Trinajstić information content (AvgIpc) is 3.33. The maximum Gasteiger partial charge on any atom is 0.254 e. The Morgan fingerprint density at radius 2 is 2.04 bits per heavy atom. The number of carbonyl (C=O) groups is 1. The summed E-state index contributed by atoms with van der Waals surface area (Å²) in [7, 11) is 0. The molecule has 0 spiro atoms. The van der Waals surface area contributed by atoms with Crippen molar-refractivity contribution in [3.05, 3.63) is 46.6 Å². The summed E-state index contributed by atoms with van der Waals surface area (Å²) < 4.78 is 4.99. The highest BCUT2D eigenvalue weighted by atomic mass is 32.1. The van der Waals surface area contributed by atoms with Crippen LogP contribution in [-0.2, 0) is 0 Å². The molecule has 25 heavy (non-hydrogen) atoms. The lowest BCUT2D eigenvalue weighted by Gasteiger charge is -2.35. The maximum absolute atomic E-state index is 12.4. The molecule has 1 aliphatic rings. The zero-order valence-corrected chi connectivity index (χ0v) is 14.6. The summed E-state index contributed by atoms with van der Waals surface area (Å²) in [6.07, 6.45) is 1.75. The van der Waals surface area contributed by atoms with Crippen molar-refractivity contribution >= 4 is 23.1 Å². The largest absolute Gasteiger partial charge is 0.353 e. The van der Waals surface area contributed by atoms with Gasteiger partial charge in [0.25, 0.3) is 5.91 Å². The quantitative estimate of drug-likeness (QED) is 0.718. The Morgan fingerprint density at radius 3 is 2.64 bits per heavy atom. The second-order valence-electron chi connectivity index (χ2n) is 5.83. The second kappa shape index (κ2) is 6.64. The van der Waals surface area contributed by atoms with Crippen molar-refractivity contribution < 1.29 is 9.32 Å². The lowest BCUT2D eigenvalue weighted by Crippen LogP contribution is -2.49. The van der Waals surface area contributed by atoms with Crippen molar-refractivity contribution in [1.29, 1.82) is 0 Å². The van der Waals surface area contributed by atoms with Gasteiger partial charge < -0.3 is 14.3 Å². The third kappa shape index (κ3) is 3.25. The van der Waals surface area contributed by atoms with Gasteiger partial charge in [0.15, 0.2) is 0 Å². The average molecular weight is 355 g/mol. The normalized spacial score (nSPS) is 14.8. The molecule has 4 heterocycles. The van der Waals surface area contributed by atoms with Gasteiger partial charge in [0.1, 0.15) is 5.82 Å². The Hall–Kier alpha value is -2.74. The van der Waals surface area contributed by atoms with Gasteiger partial charge in [0.05, 0.1) is 5.56 Å². The molecule has 3 aromatic heterocycles. The smallest absolute Gasteiger partial charge is 0.254 e. The van der Waals surface area contributed by atoms with E-state index in [2.05, 4.69) is 20.0 Å². The highest BCUT2D eigenvalue weighted by molar-refractivity contribution is 7.08. The summed E-state index contributed by atoms with van der Waals surface area (Å²) in [5, 5.41) is 7.73. The number of aryl methyl sites for hydroxylation is 1. The van der Waals surface area contributed by atoms with Gasteiger partial charge in [0.2, 0.25) is 11.7 Å². The Morgan fingerprint density at radius 1 is 1.20 bits per heavy atom. The van der Waals surface area contributed by atoms with Gasteiger partial charge in [-0.15, -0.1) is 0 Å². The van der Waals surface area contributed by atoms with Crippen LogP contribution in [0.15, 0.2) is 39.7 Å². The molecular formula is C17H17N5O2S. The fourth-order valence-corrected chi connectivity index (χ4v) is 3.46. The van der Waals surface area contributed by atoms with Gasteiger partial charge in [0, 0.05) is 50.2 Å². The van der Waals surface area contributed by atoms with Gasteiger partial charge in [-0.25, -0.2) is 4.98 Å². The van der Waals surface area contributed by atoms with Crippen LogP contribution >= 0.6 is 11.3 Å². The molecular weight excluding hydrogens is 338 g/mol. The Labute approximate surface area is 148 Å². The molecule has 0 radical (unpaired) electrons. The highest BCUT2D eigenvalue weighted by Crippen LogP contribution is 2.20. The molecule has 3 aromatic rings. The van der Waals surface area contributed by atoms with E-state index < -0.39 is 0 Å². The molecule has 0 atom stereocenters. The molecule has 0 aromatic carbocycles. The van der Waals surface area contributed by atoms with E-state index in [-0.39, 0.29) is 5.91 Å². The Balaban J connectivity index is 1.40. The molecule has 0 saturated carbocycles. The first-order valence-electron chi connectivity index (χ1n) is 8.04. The summed E-state index contributed by atoms with van der Waals surface area (Å²) in [6.45, 7) is 4.69. The summed E-state index contributed by atoms with van der Waals surface area (Å²) in [4.78, 5) is 25.2. The topological polar surface area (TPSA) is 75.4 Å². The van der Waals surface area contributed by atoms with Crippen LogP contribution in [0.25, 0.3) is 11.4 Å². The van der Waals surface area contributed by atoms with Crippen molar-refractivity contribution in [2.75, 3.05) is 31.1 Å². The molecule has 0 unspecified atom stereocenters. The standard InChI is InChI=1S/C17H17N5O2S/c1-12-19-16(20-24-12)13-2-3-15(18-10-13)21-5-7-22(8-6-21)17(23)14-4-9-25-11-14/h2-4,9-11H,5-8H2,1H3. The lowest BCUT2D eigenvalue weighted by molar-refractivity contribution is 0.0747. The van der Waals surface area contributed by atoms with E-state index in [1.54, 1.807) is 24.5 Å². The molecule has 0 aliphatic carbocycles. The fourth-order valence-electron chi connectivity index (χ4n) is 2.83. The first kappa shape index (κ1) is 15.8. The molecule has 1 saturated heterocycles. The molecule has 1 amide bonds. The fraction of sp³-hybridized carbons (Fsp3) is 0.294. The number of thiophene rings is 1. The molecule has 0 bridgehead atoms. The van der Waals surface area contributed by atoms with Crippen LogP contribution in [0.1, 0.15) is 16.2 Å². The van der Waals surface area contributed by atoms with Crippen LogP contribution in [0.4, 0.5) is 5.82 Å². The van der Waals surface area contributed by atoms with Crippen LogP contribution < -0.4 is 4.90 Å². The predicted octanol–water partition coefficient (Wildman–Crippen LogP) is 2.46. The number of hydrogen-bond acceptors (Lipinski definition) is 7. The number of carbonyl (C=O) groups excluding carboxylic acids is 1. The third-order valence-corrected chi connectivity index (χ3v) is 4.88. The zero-order valence-electron chi connectivity index (χ0n) is 13.8. The minimum atomic E-state index is 0.108. The number of rotatable bonds is 3. The van der Waals surface area contributed by atoms with E-state index in [4.69, 9.17) is 4.52 Å². The van der Waals surface area contributed by atoms with E-state index in [1.165, 1.54) is 0 Å². The second-order valence-corrected chi connectivity index (χ2v) is 6.61. The van der Waals surface area contributed by atoms with Crippen molar-refractivity contribution in [3.8, 4) is 11.4 Å². The van der Waals surface area contributed by atoms with Gasteiger partial charge >= 0.3 is 0 Å². The van der Waals surface area contributed by atoms with Gasteiger partial charge in [-0.05, 0) is 23.6 Å². The summed E-state index contributed by atoms with van der Waals surface area (Å²) in [6, 6.07) is 5.77. The number of pyridine rings is 1. The minimum absolute atomic E-state index is 0.108. The predicted molar refractivity (Wildman–Crippen MR) is 94.7 cm³/mol. The maximum atomic E-state index is 12.4. The summed E-state index contributed by atoms with van der Waals surface area (Å²) >= 11 is 1.55. The van der Waals surface area contributed by atoms with E-state index in [0.29, 0.717) is 24.8 Å². The number of anilines is 1. The molecule has 8 heteroatoms. The minimum Gasteiger partial charge on any atom is -0.353 e. The van der Waals surface area contributed by atoms with Crippen molar-refractivity contribution in [3.63, 3.8) is 0 Å². The van der Waals surface area contributed by atoms with Gasteiger partial charge in [-0.1, -0.05) is 5.16 Å². The highest BCUT2D eigenvalue weighted by Gasteiger charge is 2.23. The summed E-state index contributed by atoms with van der Waals surface area (Å²) in [5.74, 6) is 2.08. The first-order valence-corrected chi connectivity index (χ1v) is 8.98. The SMILES string of the molecule is Cc1nc(-c2ccc(N3CCN(C(=O)c4ccsc4)CC3)nc2)no1. The number of aromatic nitrogens is 3. The van der Waals surface area contributed by atoms with Crippen molar-refractivity contribution in [2.45, 2.75) is 6.92 Å². The van der Waals surface area contributed by atoms with E-state index >= 15 is 0 Å². The van der Waals surface area contributed by atoms with E-state index in [1.807, 2.05) is 33.9 Å². The lowest BCUT2D eigenvalue weighted by atomic mass is 10.2. The monoisotopic (exact) mass is 355 g/mol. The summed E-state index contributed by atoms with van der Waals surface area (Å²) in [5.41, 5.74) is 1.60. The van der Waals surface area contributed by atoms with Crippen LogP contribution in [0, 0.1) is 6.92 Å². The van der Waals surface area contributed by atoms with Gasteiger partial charge in [-0.2, -0.15) is 16.3 Å². The molecule has 7 nitrogen and oxygen atoms in total. The van der Waals surface area contributed by atoms with Crippen molar-refractivity contribution in [2.24, 2.45) is 0 Å². The van der Waals surface area contributed by atoms with Gasteiger partial charge in [-0.3, -0.25) is 4.79 Å². The van der Waals surface area contributed by atoms with E-state index in [9.17, 15) is 4.79 Å². The number of hydrogen-bond donors (Lipinski definition) is 0. The number of nitrogens with zero attached hydrogens (tertiary/aromatic N) is 5. The third-order valence-electron chi connectivity index (χ3n) is 4.19. The Kier molecular flexibility index (Phi) is 4.19. The van der Waals surface area contributed by atoms with Crippen LogP contribution in [0.3, 0.4) is 0 Å². The Bertz CT molecular complexity index is 852. The molecule has 1 fully saturated rings. The molecule has 4 rings (SSSR count). The molecule has 128 valence electrons. The van der Waals surface area contributed by atoms with Crippen LogP contribution in [-0.4, -0.2) is 52.1 Å². The zero-order chi connectivity index (χ0) is 17.2. The van der Waals surface area contributed by atoms with Crippen molar-refractivity contribution in [1.82, 2.24) is 20.0 Å². The number of amides is 1. The van der Waals surface area contributed by atoms with E-state index in [0.717, 1.165) is 30.0 Å².